The lowest BCUT2D eigenvalue weighted by molar-refractivity contribution is -0.141. The summed E-state index contributed by atoms with van der Waals surface area (Å²) in [6, 6.07) is 10.2. The van der Waals surface area contributed by atoms with E-state index in [4.69, 9.17) is 5.73 Å². The fourth-order valence-electron chi connectivity index (χ4n) is 4.34. The number of nitrogens with one attached hydrogen (secondary N) is 5. The van der Waals surface area contributed by atoms with Gasteiger partial charge < -0.3 is 41.9 Å². The van der Waals surface area contributed by atoms with Crippen molar-refractivity contribution < 1.29 is 29.4 Å². The van der Waals surface area contributed by atoms with E-state index in [0.29, 0.717) is 11.3 Å². The van der Waals surface area contributed by atoms with Gasteiger partial charge in [0.2, 0.25) is 17.7 Å². The lowest BCUT2D eigenvalue weighted by atomic mass is 10.0. The van der Waals surface area contributed by atoms with Crippen LogP contribution in [0, 0.1) is 0 Å². The quantitative estimate of drug-likeness (QED) is 0.112. The first-order valence-electron chi connectivity index (χ1n) is 12.9. The number of aliphatic carboxylic acids is 1. The number of aromatic amines is 2. The van der Waals surface area contributed by atoms with Crippen LogP contribution in [-0.4, -0.2) is 73.5 Å². The molecule has 0 bridgehead atoms. The standard InChI is InChI=1S/C28H31N7O6/c29-21(11-18-13-30-15-33-18)26(38)35-23(9-16-5-7-19(36)8-6-16)27(39)32-14-25(37)34-24(28(40)41)10-17-12-31-22-4-2-1-3-20(17)22/h1-8,12-13,15,21,23-24,31,36H,9-11,14,29H2,(H,30,33)(H,32,39)(H,34,37)(H,35,38)(H,40,41). The van der Waals surface area contributed by atoms with Gasteiger partial charge in [0, 0.05) is 48.3 Å². The molecule has 0 aliphatic rings. The Bertz CT molecular complexity index is 1500. The number of hydrogen-bond donors (Lipinski definition) is 8. The Balaban J connectivity index is 1.37. The van der Waals surface area contributed by atoms with Crippen molar-refractivity contribution in [3.63, 3.8) is 0 Å². The lowest BCUT2D eigenvalue weighted by Gasteiger charge is -2.21. The number of H-pyrrole nitrogens is 2. The van der Waals surface area contributed by atoms with Crippen LogP contribution in [0.4, 0.5) is 0 Å². The molecule has 3 amide bonds. The number of nitrogens with two attached hydrogens (primary N) is 1. The predicted molar refractivity (Wildman–Crippen MR) is 149 cm³/mol. The van der Waals surface area contributed by atoms with Gasteiger partial charge in [-0.1, -0.05) is 30.3 Å². The zero-order chi connectivity index (χ0) is 29.4. The fourth-order valence-corrected chi connectivity index (χ4v) is 4.34. The largest absolute Gasteiger partial charge is 0.508 e. The van der Waals surface area contributed by atoms with Gasteiger partial charge in [-0.2, -0.15) is 0 Å². The molecular formula is C28H31N7O6. The Hall–Kier alpha value is -5.17. The van der Waals surface area contributed by atoms with Gasteiger partial charge in [0.05, 0.1) is 18.9 Å². The maximum atomic E-state index is 13.1. The monoisotopic (exact) mass is 561 g/mol. The van der Waals surface area contributed by atoms with Crippen LogP contribution in [0.2, 0.25) is 0 Å². The summed E-state index contributed by atoms with van der Waals surface area (Å²) in [5.41, 5.74) is 8.87. The van der Waals surface area contributed by atoms with Gasteiger partial charge in [-0.05, 0) is 29.3 Å². The number of amides is 3. The summed E-state index contributed by atoms with van der Waals surface area (Å²) >= 11 is 0. The third-order valence-corrected chi connectivity index (χ3v) is 6.50. The van der Waals surface area contributed by atoms with Crippen molar-refractivity contribution in [3.05, 3.63) is 84.1 Å². The second kappa shape index (κ2) is 13.3. The highest BCUT2D eigenvalue weighted by molar-refractivity contribution is 5.93. The van der Waals surface area contributed by atoms with Gasteiger partial charge >= 0.3 is 5.97 Å². The maximum absolute atomic E-state index is 13.1. The SMILES string of the molecule is NC(Cc1cnc[nH]1)C(=O)NC(Cc1ccc(O)cc1)C(=O)NCC(=O)NC(Cc1c[nH]c2ccccc12)C(=O)O. The fraction of sp³-hybridized carbons (Fsp3) is 0.250. The number of imidazole rings is 1. The van der Waals surface area contributed by atoms with E-state index in [1.165, 1.54) is 24.7 Å². The summed E-state index contributed by atoms with van der Waals surface area (Å²) in [6.07, 6.45) is 4.94. The minimum absolute atomic E-state index is 0.0345. The first-order valence-corrected chi connectivity index (χ1v) is 12.9. The number of carboxylic acids is 1. The van der Waals surface area contributed by atoms with E-state index in [9.17, 15) is 29.4 Å². The van der Waals surface area contributed by atoms with E-state index in [0.717, 1.165) is 16.5 Å². The highest BCUT2D eigenvalue weighted by Crippen LogP contribution is 2.19. The number of rotatable bonds is 13. The molecule has 3 atom stereocenters. The summed E-state index contributed by atoms with van der Waals surface area (Å²) < 4.78 is 0. The summed E-state index contributed by atoms with van der Waals surface area (Å²) in [4.78, 5) is 60.2. The topological polar surface area (TPSA) is 215 Å². The van der Waals surface area contributed by atoms with Crippen LogP contribution in [0.15, 0.2) is 67.3 Å². The Morgan fingerprint density at radius 2 is 1.66 bits per heavy atom. The van der Waals surface area contributed by atoms with Crippen molar-refractivity contribution in [1.82, 2.24) is 30.9 Å². The highest BCUT2D eigenvalue weighted by Gasteiger charge is 2.26. The highest BCUT2D eigenvalue weighted by atomic mass is 16.4. The normalized spacial score (nSPS) is 13.2. The molecule has 0 spiro atoms. The minimum atomic E-state index is -1.23. The van der Waals surface area contributed by atoms with Crippen LogP contribution >= 0.6 is 0 Å². The van der Waals surface area contributed by atoms with E-state index in [1.807, 2.05) is 24.3 Å². The molecule has 0 fully saturated rings. The number of hydrogen-bond acceptors (Lipinski definition) is 7. The molecule has 0 saturated carbocycles. The Kier molecular flexibility index (Phi) is 9.32. The van der Waals surface area contributed by atoms with E-state index in [-0.39, 0.29) is 25.0 Å². The smallest absolute Gasteiger partial charge is 0.326 e. The number of nitrogens with zero attached hydrogens (tertiary/aromatic N) is 1. The molecule has 4 aromatic rings. The predicted octanol–water partition coefficient (Wildman–Crippen LogP) is 0.122. The second-order valence-electron chi connectivity index (χ2n) is 9.56. The number of para-hydroxylation sites is 1. The van der Waals surface area contributed by atoms with Crippen LogP contribution < -0.4 is 21.7 Å². The number of carbonyl (C=O) groups excluding carboxylic acids is 3. The van der Waals surface area contributed by atoms with Crippen molar-refractivity contribution in [2.75, 3.05) is 6.54 Å². The van der Waals surface area contributed by atoms with Crippen LogP contribution in [0.1, 0.15) is 16.8 Å². The molecule has 4 rings (SSSR count). The van der Waals surface area contributed by atoms with Crippen LogP contribution in [0.5, 0.6) is 5.75 Å². The van der Waals surface area contributed by atoms with E-state index >= 15 is 0 Å². The number of phenolic OH excluding ortho intramolecular Hbond substituents is 1. The Morgan fingerprint density at radius 1 is 0.902 bits per heavy atom. The summed E-state index contributed by atoms with van der Waals surface area (Å²) in [5.74, 6) is -3.15. The van der Waals surface area contributed by atoms with Gasteiger partial charge in [0.25, 0.3) is 0 Å². The number of carboxylic acid groups (broad SMARTS) is 1. The molecule has 0 radical (unpaired) electrons. The van der Waals surface area contributed by atoms with Gasteiger partial charge in [-0.25, -0.2) is 9.78 Å². The number of aromatic hydroxyl groups is 1. The zero-order valence-electron chi connectivity index (χ0n) is 22.0. The zero-order valence-corrected chi connectivity index (χ0v) is 22.0. The van der Waals surface area contributed by atoms with Crippen molar-refractivity contribution >= 4 is 34.6 Å². The molecule has 3 unspecified atom stereocenters. The van der Waals surface area contributed by atoms with E-state index in [2.05, 4.69) is 30.9 Å². The van der Waals surface area contributed by atoms with Crippen molar-refractivity contribution in [2.45, 2.75) is 37.4 Å². The van der Waals surface area contributed by atoms with Gasteiger partial charge in [0.15, 0.2) is 0 Å². The van der Waals surface area contributed by atoms with Gasteiger partial charge in [-0.15, -0.1) is 0 Å². The summed E-state index contributed by atoms with van der Waals surface area (Å²) in [5, 5.41) is 27.6. The Labute approximate surface area is 234 Å². The van der Waals surface area contributed by atoms with Crippen LogP contribution in [0.3, 0.4) is 0 Å². The molecule has 2 aromatic carbocycles. The first kappa shape index (κ1) is 28.8. The molecule has 13 heteroatoms. The molecule has 41 heavy (non-hydrogen) atoms. The summed E-state index contributed by atoms with van der Waals surface area (Å²) in [6.45, 7) is -0.515. The van der Waals surface area contributed by atoms with Crippen molar-refractivity contribution in [2.24, 2.45) is 5.73 Å². The Morgan fingerprint density at radius 3 is 2.37 bits per heavy atom. The van der Waals surface area contributed by atoms with Crippen molar-refractivity contribution in [1.29, 1.82) is 0 Å². The molecule has 0 aliphatic carbocycles. The second-order valence-corrected chi connectivity index (χ2v) is 9.56. The molecule has 2 aromatic heterocycles. The average Bonchev–Trinajstić information content (AvgIpc) is 3.62. The first-order chi connectivity index (χ1) is 19.7. The lowest BCUT2D eigenvalue weighted by Crippen LogP contribution is -2.54. The molecule has 214 valence electrons. The molecule has 2 heterocycles. The number of benzene rings is 2. The number of phenols is 1. The molecule has 0 saturated heterocycles. The third kappa shape index (κ3) is 7.92. The number of aromatic nitrogens is 3. The van der Waals surface area contributed by atoms with E-state index in [1.54, 1.807) is 18.3 Å². The minimum Gasteiger partial charge on any atom is -0.508 e. The van der Waals surface area contributed by atoms with Crippen LogP contribution in [0.25, 0.3) is 10.9 Å². The molecular weight excluding hydrogens is 530 g/mol. The van der Waals surface area contributed by atoms with Crippen molar-refractivity contribution in [3.8, 4) is 5.75 Å². The van der Waals surface area contributed by atoms with Crippen LogP contribution in [-0.2, 0) is 38.4 Å². The third-order valence-electron chi connectivity index (χ3n) is 6.50. The number of fused-ring (bicyclic) bond motifs is 1. The van der Waals surface area contributed by atoms with Gasteiger partial charge in [-0.3, -0.25) is 14.4 Å². The molecule has 13 nitrogen and oxygen atoms in total. The van der Waals surface area contributed by atoms with E-state index < -0.39 is 48.4 Å². The number of carbonyl (C=O) groups is 4. The summed E-state index contributed by atoms with van der Waals surface area (Å²) in [7, 11) is 0. The molecule has 0 aliphatic heterocycles. The maximum Gasteiger partial charge on any atom is 0.326 e. The average molecular weight is 562 g/mol. The molecule has 9 N–H and O–H groups in total. The van der Waals surface area contributed by atoms with Gasteiger partial charge in [0.1, 0.15) is 17.8 Å².